The number of nitrogens with zero attached hydrogens (tertiary/aromatic N) is 2. The second kappa shape index (κ2) is 8.11. The molecule has 4 nitrogen and oxygen atoms in total. The number of thiazole rings is 1. The molecule has 0 amide bonds. The third kappa shape index (κ3) is 5.57. The largest absolute Gasteiger partial charge is 0.383 e. The summed E-state index contributed by atoms with van der Waals surface area (Å²) in [6, 6.07) is 0. The lowest BCUT2D eigenvalue weighted by atomic mass is 9.91. The quantitative estimate of drug-likeness (QED) is 0.799. The van der Waals surface area contributed by atoms with Crippen LogP contribution in [0.5, 0.6) is 0 Å². The van der Waals surface area contributed by atoms with Crippen LogP contribution in [0.2, 0.25) is 0 Å². The van der Waals surface area contributed by atoms with Gasteiger partial charge in [-0.15, -0.1) is 11.3 Å². The highest BCUT2D eigenvalue weighted by atomic mass is 32.1. The van der Waals surface area contributed by atoms with Crippen molar-refractivity contribution in [1.29, 1.82) is 0 Å². The lowest BCUT2D eigenvalue weighted by molar-refractivity contribution is 0.204. The van der Waals surface area contributed by atoms with E-state index in [-0.39, 0.29) is 5.41 Å². The normalized spacial score (nSPS) is 12.2. The van der Waals surface area contributed by atoms with E-state index in [9.17, 15) is 0 Å². The van der Waals surface area contributed by atoms with Gasteiger partial charge in [0.1, 0.15) is 0 Å². The van der Waals surface area contributed by atoms with Gasteiger partial charge in [0, 0.05) is 37.0 Å². The van der Waals surface area contributed by atoms with Gasteiger partial charge in [0.15, 0.2) is 5.13 Å². The van der Waals surface area contributed by atoms with E-state index in [1.54, 1.807) is 7.11 Å². The molecule has 1 rings (SSSR count). The maximum Gasteiger partial charge on any atom is 0.185 e. The number of anilines is 1. The van der Waals surface area contributed by atoms with Crippen molar-refractivity contribution in [1.82, 2.24) is 10.3 Å². The Labute approximate surface area is 133 Å². The standard InChI is InChI=1S/C16H31N3OS/c1-12(2)11-19(8-9-20-7)15-18-14(16(3,4)5)13(21-15)10-17-6/h12,17H,8-11H2,1-7H3. The molecule has 0 aromatic carbocycles. The van der Waals surface area contributed by atoms with Crippen LogP contribution in [-0.2, 0) is 16.7 Å². The molecule has 1 N–H and O–H groups in total. The first-order valence-corrected chi connectivity index (χ1v) is 8.49. The van der Waals surface area contributed by atoms with Gasteiger partial charge in [0.05, 0.1) is 12.3 Å². The van der Waals surface area contributed by atoms with E-state index in [0.29, 0.717) is 5.92 Å². The summed E-state index contributed by atoms with van der Waals surface area (Å²) >= 11 is 1.81. The minimum Gasteiger partial charge on any atom is -0.383 e. The highest BCUT2D eigenvalue weighted by molar-refractivity contribution is 7.15. The molecule has 1 aromatic rings. The summed E-state index contributed by atoms with van der Waals surface area (Å²) in [7, 11) is 3.74. The van der Waals surface area contributed by atoms with Crippen LogP contribution in [0.3, 0.4) is 0 Å². The van der Waals surface area contributed by atoms with Crippen molar-refractivity contribution >= 4 is 16.5 Å². The van der Waals surface area contributed by atoms with Crippen molar-refractivity contribution in [2.75, 3.05) is 38.8 Å². The average molecular weight is 314 g/mol. The number of rotatable bonds is 8. The fraction of sp³-hybridized carbons (Fsp3) is 0.812. The van der Waals surface area contributed by atoms with Gasteiger partial charge in [-0.05, 0) is 13.0 Å². The SMILES string of the molecule is CNCc1sc(N(CCOC)CC(C)C)nc1C(C)(C)C. The van der Waals surface area contributed by atoms with Crippen LogP contribution in [0.4, 0.5) is 5.13 Å². The average Bonchev–Trinajstić information content (AvgIpc) is 2.78. The van der Waals surface area contributed by atoms with Crippen LogP contribution in [-0.4, -0.2) is 38.8 Å². The van der Waals surface area contributed by atoms with Crippen molar-refractivity contribution in [3.8, 4) is 0 Å². The molecule has 0 saturated carbocycles. The first-order chi connectivity index (χ1) is 9.79. The van der Waals surface area contributed by atoms with E-state index in [2.05, 4.69) is 44.8 Å². The predicted octanol–water partition coefficient (Wildman–Crippen LogP) is 3.27. The zero-order valence-corrected chi connectivity index (χ0v) is 15.4. The van der Waals surface area contributed by atoms with E-state index in [0.717, 1.165) is 31.4 Å². The summed E-state index contributed by atoms with van der Waals surface area (Å²) in [4.78, 5) is 8.65. The van der Waals surface area contributed by atoms with Gasteiger partial charge in [-0.2, -0.15) is 0 Å². The van der Waals surface area contributed by atoms with Gasteiger partial charge in [-0.3, -0.25) is 0 Å². The van der Waals surface area contributed by atoms with E-state index in [1.165, 1.54) is 10.6 Å². The smallest absolute Gasteiger partial charge is 0.185 e. The molecular formula is C16H31N3OS. The lowest BCUT2D eigenvalue weighted by Gasteiger charge is -2.23. The number of methoxy groups -OCH3 is 1. The Kier molecular flexibility index (Phi) is 7.10. The number of hydrogen-bond donors (Lipinski definition) is 1. The monoisotopic (exact) mass is 313 g/mol. The molecule has 0 saturated heterocycles. The number of aromatic nitrogens is 1. The molecule has 5 heteroatoms. The number of hydrogen-bond acceptors (Lipinski definition) is 5. The van der Waals surface area contributed by atoms with Crippen LogP contribution in [0.15, 0.2) is 0 Å². The molecule has 0 fully saturated rings. The van der Waals surface area contributed by atoms with Gasteiger partial charge in [0.25, 0.3) is 0 Å². The van der Waals surface area contributed by atoms with Gasteiger partial charge < -0.3 is 15.0 Å². The van der Waals surface area contributed by atoms with Gasteiger partial charge in [-0.25, -0.2) is 4.98 Å². The van der Waals surface area contributed by atoms with Crippen LogP contribution in [0, 0.1) is 5.92 Å². The third-order valence-electron chi connectivity index (χ3n) is 3.16. The van der Waals surface area contributed by atoms with Gasteiger partial charge in [-0.1, -0.05) is 34.6 Å². The van der Waals surface area contributed by atoms with E-state index >= 15 is 0 Å². The summed E-state index contributed by atoms with van der Waals surface area (Å²) in [5.41, 5.74) is 1.29. The Hall–Kier alpha value is -0.650. The fourth-order valence-electron chi connectivity index (χ4n) is 2.25. The molecule has 0 aliphatic carbocycles. The van der Waals surface area contributed by atoms with Crippen LogP contribution < -0.4 is 10.2 Å². The highest BCUT2D eigenvalue weighted by Gasteiger charge is 2.25. The molecule has 0 radical (unpaired) electrons. The molecular weight excluding hydrogens is 282 g/mol. The molecule has 0 aliphatic heterocycles. The number of nitrogens with one attached hydrogen (secondary N) is 1. The second-order valence-corrected chi connectivity index (χ2v) is 7.94. The summed E-state index contributed by atoms with van der Waals surface area (Å²) in [5, 5.41) is 4.38. The highest BCUT2D eigenvalue weighted by Crippen LogP contribution is 2.34. The second-order valence-electron chi connectivity index (χ2n) is 6.88. The van der Waals surface area contributed by atoms with Gasteiger partial charge in [0.2, 0.25) is 0 Å². The zero-order valence-electron chi connectivity index (χ0n) is 14.6. The van der Waals surface area contributed by atoms with Crippen LogP contribution >= 0.6 is 11.3 Å². The molecule has 21 heavy (non-hydrogen) atoms. The first-order valence-electron chi connectivity index (χ1n) is 7.68. The predicted molar refractivity (Wildman–Crippen MR) is 92.5 cm³/mol. The van der Waals surface area contributed by atoms with E-state index in [4.69, 9.17) is 9.72 Å². The Morgan fingerprint density at radius 3 is 2.48 bits per heavy atom. The van der Waals surface area contributed by atoms with Crippen LogP contribution in [0.25, 0.3) is 0 Å². The number of ether oxygens (including phenoxy) is 1. The van der Waals surface area contributed by atoms with Crippen molar-refractivity contribution in [2.24, 2.45) is 5.92 Å². The molecule has 0 atom stereocenters. The molecule has 1 aromatic heterocycles. The summed E-state index contributed by atoms with van der Waals surface area (Å²) in [6.07, 6.45) is 0. The summed E-state index contributed by atoms with van der Waals surface area (Å²) < 4.78 is 5.25. The zero-order chi connectivity index (χ0) is 16.0. The lowest BCUT2D eigenvalue weighted by Crippen LogP contribution is -2.31. The topological polar surface area (TPSA) is 37.4 Å². The molecule has 122 valence electrons. The molecule has 1 heterocycles. The Balaban J connectivity index is 3.07. The van der Waals surface area contributed by atoms with Crippen molar-refractivity contribution in [3.63, 3.8) is 0 Å². The van der Waals surface area contributed by atoms with Crippen LogP contribution in [0.1, 0.15) is 45.2 Å². The summed E-state index contributed by atoms with van der Waals surface area (Å²) in [5.74, 6) is 0.608. The Bertz CT molecular complexity index is 424. The van der Waals surface area contributed by atoms with Gasteiger partial charge >= 0.3 is 0 Å². The van der Waals surface area contributed by atoms with E-state index in [1.807, 2.05) is 18.4 Å². The summed E-state index contributed by atoms with van der Waals surface area (Å²) in [6.45, 7) is 14.7. The Morgan fingerprint density at radius 1 is 1.33 bits per heavy atom. The minimum absolute atomic E-state index is 0.0751. The molecule has 0 spiro atoms. The molecule has 0 aliphatic rings. The van der Waals surface area contributed by atoms with Crippen molar-refractivity contribution in [2.45, 2.75) is 46.6 Å². The Morgan fingerprint density at radius 2 is 2.00 bits per heavy atom. The third-order valence-corrected chi connectivity index (χ3v) is 4.27. The van der Waals surface area contributed by atoms with Crippen molar-refractivity contribution in [3.05, 3.63) is 10.6 Å². The molecule has 0 bridgehead atoms. The minimum atomic E-state index is 0.0751. The van der Waals surface area contributed by atoms with E-state index < -0.39 is 0 Å². The maximum absolute atomic E-state index is 5.25. The maximum atomic E-state index is 5.25. The molecule has 0 unspecified atom stereocenters. The fourth-order valence-corrected chi connectivity index (χ4v) is 3.57. The van der Waals surface area contributed by atoms with Crippen molar-refractivity contribution < 1.29 is 4.74 Å². The first kappa shape index (κ1) is 18.4.